The molecule has 0 fully saturated rings. The van der Waals surface area contributed by atoms with Gasteiger partial charge in [0, 0.05) is 31.3 Å². The van der Waals surface area contributed by atoms with E-state index in [1.165, 1.54) is 12.5 Å². The molecule has 3 amide bonds. The number of carbonyl (C=O) groups is 4. The van der Waals surface area contributed by atoms with E-state index in [-0.39, 0.29) is 38.3 Å². The number of aliphatic imine (C=N–C) groups is 1. The van der Waals surface area contributed by atoms with E-state index in [1.54, 1.807) is 30.3 Å². The number of imidazole rings is 1. The van der Waals surface area contributed by atoms with E-state index in [0.29, 0.717) is 17.7 Å². The topological polar surface area (TPSA) is 244 Å². The maximum Gasteiger partial charge on any atom is 0.326 e. The summed E-state index contributed by atoms with van der Waals surface area (Å²) in [7, 11) is 0. The number of benzene rings is 1. The first-order valence-electron chi connectivity index (χ1n) is 11.6. The van der Waals surface area contributed by atoms with Crippen LogP contribution in [-0.2, 0) is 32.0 Å². The van der Waals surface area contributed by atoms with Gasteiger partial charge in [0.15, 0.2) is 5.96 Å². The number of aromatic nitrogens is 2. The Morgan fingerprint density at radius 2 is 1.65 bits per heavy atom. The number of hydrogen-bond donors (Lipinski definition) is 8. The Morgan fingerprint density at radius 3 is 2.24 bits per heavy atom. The van der Waals surface area contributed by atoms with Crippen molar-refractivity contribution < 1.29 is 24.3 Å². The summed E-state index contributed by atoms with van der Waals surface area (Å²) in [5, 5.41) is 17.3. The lowest BCUT2D eigenvalue weighted by Gasteiger charge is -2.24. The molecule has 14 heteroatoms. The van der Waals surface area contributed by atoms with Crippen molar-refractivity contribution in [3.8, 4) is 0 Å². The van der Waals surface area contributed by atoms with E-state index >= 15 is 0 Å². The molecule has 1 aromatic carbocycles. The average Bonchev–Trinajstić information content (AvgIpc) is 3.38. The van der Waals surface area contributed by atoms with Crippen LogP contribution in [0.4, 0.5) is 0 Å². The number of rotatable bonds is 15. The number of guanidine groups is 1. The number of carbonyl (C=O) groups excluding carboxylic acids is 3. The van der Waals surface area contributed by atoms with Crippen LogP contribution in [0.3, 0.4) is 0 Å². The fourth-order valence-electron chi connectivity index (χ4n) is 3.45. The second-order valence-corrected chi connectivity index (χ2v) is 8.20. The zero-order valence-corrected chi connectivity index (χ0v) is 20.2. The average molecular weight is 516 g/mol. The number of carboxylic acid groups (broad SMARTS) is 1. The van der Waals surface area contributed by atoms with Crippen LogP contribution < -0.4 is 33.2 Å². The molecule has 0 radical (unpaired) electrons. The molecule has 3 atom stereocenters. The van der Waals surface area contributed by atoms with Crippen LogP contribution in [0.1, 0.15) is 24.1 Å². The normalized spacial score (nSPS) is 13.0. The molecule has 0 aliphatic carbocycles. The zero-order chi connectivity index (χ0) is 27.2. The Labute approximate surface area is 213 Å². The van der Waals surface area contributed by atoms with Crippen LogP contribution in [0.5, 0.6) is 0 Å². The van der Waals surface area contributed by atoms with Gasteiger partial charge in [0.05, 0.1) is 12.9 Å². The molecule has 2 rings (SSSR count). The molecule has 0 saturated heterocycles. The molecule has 37 heavy (non-hydrogen) atoms. The minimum absolute atomic E-state index is 0.0472. The van der Waals surface area contributed by atoms with E-state index < -0.39 is 41.8 Å². The zero-order valence-electron chi connectivity index (χ0n) is 20.2. The van der Waals surface area contributed by atoms with Gasteiger partial charge in [0.25, 0.3) is 0 Å². The van der Waals surface area contributed by atoms with Crippen LogP contribution in [0.25, 0.3) is 0 Å². The van der Waals surface area contributed by atoms with Crippen molar-refractivity contribution in [3.05, 3.63) is 54.1 Å². The monoisotopic (exact) mass is 515 g/mol. The summed E-state index contributed by atoms with van der Waals surface area (Å²) in [6.45, 7) is -0.148. The van der Waals surface area contributed by atoms with Gasteiger partial charge in [-0.2, -0.15) is 0 Å². The third-order valence-corrected chi connectivity index (χ3v) is 5.29. The molecule has 0 unspecified atom stereocenters. The van der Waals surface area contributed by atoms with Gasteiger partial charge >= 0.3 is 5.97 Å². The lowest BCUT2D eigenvalue weighted by molar-refractivity contribution is -0.142. The summed E-state index contributed by atoms with van der Waals surface area (Å²) >= 11 is 0. The lowest BCUT2D eigenvalue weighted by atomic mass is 10.0. The van der Waals surface area contributed by atoms with Gasteiger partial charge in [-0.05, 0) is 18.4 Å². The van der Waals surface area contributed by atoms with Crippen molar-refractivity contribution in [2.75, 3.05) is 13.1 Å². The number of hydrogen-bond acceptors (Lipinski definition) is 7. The maximum atomic E-state index is 13.1. The summed E-state index contributed by atoms with van der Waals surface area (Å²) in [5.74, 6) is -3.28. The summed E-state index contributed by atoms with van der Waals surface area (Å²) in [6, 6.07) is 5.39. The quantitative estimate of drug-likeness (QED) is 0.0724. The van der Waals surface area contributed by atoms with E-state index in [9.17, 15) is 24.3 Å². The number of amides is 3. The van der Waals surface area contributed by atoms with Crippen molar-refractivity contribution in [2.24, 2.45) is 22.2 Å². The smallest absolute Gasteiger partial charge is 0.326 e. The fraction of sp³-hybridized carbons (Fsp3) is 0.391. The molecule has 0 aliphatic rings. The Morgan fingerprint density at radius 1 is 0.973 bits per heavy atom. The van der Waals surface area contributed by atoms with Gasteiger partial charge < -0.3 is 43.2 Å². The van der Waals surface area contributed by atoms with Gasteiger partial charge in [-0.3, -0.25) is 19.4 Å². The third kappa shape index (κ3) is 10.4. The Hall–Kier alpha value is -4.46. The first-order chi connectivity index (χ1) is 17.7. The van der Waals surface area contributed by atoms with E-state index in [1.807, 2.05) is 0 Å². The van der Waals surface area contributed by atoms with Crippen LogP contribution >= 0.6 is 0 Å². The second-order valence-electron chi connectivity index (χ2n) is 8.20. The first kappa shape index (κ1) is 28.8. The van der Waals surface area contributed by atoms with Crippen molar-refractivity contribution in [2.45, 2.75) is 43.8 Å². The SMILES string of the molecule is NCC(=O)N[C@@H](Cc1cnc[nH]1)C(=O)N[C@@H](CCCN=C(N)N)C(=O)N[C@@H](Cc1ccccc1)C(=O)O. The minimum Gasteiger partial charge on any atom is -0.480 e. The number of H-pyrrole nitrogens is 1. The van der Waals surface area contributed by atoms with Gasteiger partial charge in [-0.1, -0.05) is 30.3 Å². The van der Waals surface area contributed by atoms with E-state index in [2.05, 4.69) is 30.9 Å². The molecule has 11 N–H and O–H groups in total. The number of nitrogens with zero attached hydrogens (tertiary/aromatic N) is 2. The number of aliphatic carboxylic acids is 1. The summed E-state index contributed by atoms with van der Waals surface area (Å²) in [4.78, 5) is 60.6. The molecule has 0 aliphatic heterocycles. The third-order valence-electron chi connectivity index (χ3n) is 5.29. The molecule has 2 aromatic rings. The largest absolute Gasteiger partial charge is 0.480 e. The molecule has 0 saturated carbocycles. The fourth-order valence-corrected chi connectivity index (χ4v) is 3.45. The highest BCUT2D eigenvalue weighted by Gasteiger charge is 2.29. The summed E-state index contributed by atoms with van der Waals surface area (Å²) in [5.41, 5.74) is 17.3. The first-order valence-corrected chi connectivity index (χ1v) is 11.6. The lowest BCUT2D eigenvalue weighted by Crippen LogP contribution is -2.57. The van der Waals surface area contributed by atoms with Crippen LogP contribution in [0, 0.1) is 0 Å². The molecule has 1 heterocycles. The van der Waals surface area contributed by atoms with Gasteiger partial charge in [0.1, 0.15) is 18.1 Å². The highest BCUT2D eigenvalue weighted by molar-refractivity contribution is 5.93. The van der Waals surface area contributed by atoms with E-state index in [0.717, 1.165) is 0 Å². The Bertz CT molecular complexity index is 1060. The van der Waals surface area contributed by atoms with Crippen LogP contribution in [0.2, 0.25) is 0 Å². The molecule has 200 valence electrons. The molecular weight excluding hydrogens is 482 g/mol. The van der Waals surface area contributed by atoms with Gasteiger partial charge in [-0.25, -0.2) is 9.78 Å². The highest BCUT2D eigenvalue weighted by atomic mass is 16.4. The number of carboxylic acids is 1. The molecule has 14 nitrogen and oxygen atoms in total. The Kier molecular flexibility index (Phi) is 11.5. The van der Waals surface area contributed by atoms with Gasteiger partial charge in [0.2, 0.25) is 17.7 Å². The predicted molar refractivity (Wildman–Crippen MR) is 135 cm³/mol. The number of nitrogens with one attached hydrogen (secondary N) is 4. The number of nitrogens with two attached hydrogens (primary N) is 3. The summed E-state index contributed by atoms with van der Waals surface area (Å²) < 4.78 is 0. The van der Waals surface area contributed by atoms with Crippen LogP contribution in [-0.4, -0.2) is 75.9 Å². The molecule has 0 spiro atoms. The van der Waals surface area contributed by atoms with E-state index in [4.69, 9.17) is 17.2 Å². The molecular formula is C23H33N9O5. The van der Waals surface area contributed by atoms with Crippen molar-refractivity contribution in [1.29, 1.82) is 0 Å². The Balaban J connectivity index is 2.17. The predicted octanol–water partition coefficient (Wildman–Crippen LogP) is -2.25. The van der Waals surface area contributed by atoms with Crippen molar-refractivity contribution in [1.82, 2.24) is 25.9 Å². The molecule has 1 aromatic heterocycles. The highest BCUT2D eigenvalue weighted by Crippen LogP contribution is 2.07. The van der Waals surface area contributed by atoms with Crippen molar-refractivity contribution in [3.63, 3.8) is 0 Å². The van der Waals surface area contributed by atoms with Crippen molar-refractivity contribution >= 4 is 29.7 Å². The summed E-state index contributed by atoms with van der Waals surface area (Å²) in [6.07, 6.45) is 3.45. The number of aromatic amines is 1. The molecule has 0 bridgehead atoms. The maximum absolute atomic E-state index is 13.1. The van der Waals surface area contributed by atoms with Crippen LogP contribution in [0.15, 0.2) is 47.8 Å². The van der Waals surface area contributed by atoms with Gasteiger partial charge in [-0.15, -0.1) is 0 Å². The second kappa shape index (κ2) is 14.8. The standard InChI is InChI=1S/C23H33N9O5/c24-11-19(33)30-17(10-15-12-27-13-29-15)21(35)31-16(7-4-8-28-23(25)26)20(34)32-18(22(36)37)9-14-5-2-1-3-6-14/h1-3,5-6,12-13,16-18H,4,7-11,24H2,(H,27,29)(H,30,33)(H,31,35)(H,32,34)(H,36,37)(H4,25,26,28)/t16-,17-,18-/m0/s1. The minimum atomic E-state index is -1.23.